The first kappa shape index (κ1) is 13.6. The first-order chi connectivity index (χ1) is 8.18. The van der Waals surface area contributed by atoms with Crippen molar-refractivity contribution in [1.82, 2.24) is 0 Å². The van der Waals surface area contributed by atoms with Crippen LogP contribution in [-0.4, -0.2) is 32.5 Å². The smallest absolute Gasteiger partial charge is 0.129 e. The summed E-state index contributed by atoms with van der Waals surface area (Å²) in [6, 6.07) is 0. The number of hydrogen-bond donors (Lipinski definition) is 0. The van der Waals surface area contributed by atoms with Crippen molar-refractivity contribution in [3.05, 3.63) is 23.8 Å². The van der Waals surface area contributed by atoms with Crippen molar-refractivity contribution in [3.8, 4) is 11.5 Å². The summed E-state index contributed by atoms with van der Waals surface area (Å²) in [5.41, 5.74) is 3.76. The summed E-state index contributed by atoms with van der Waals surface area (Å²) >= 11 is 0. The first-order valence-corrected chi connectivity index (χ1v) is 9.87. The van der Waals surface area contributed by atoms with E-state index in [1.807, 2.05) is 0 Å². The Labute approximate surface area is 111 Å². The molecule has 0 saturated heterocycles. The zero-order valence-corrected chi connectivity index (χ0v) is 13.1. The quantitative estimate of drug-likeness (QED) is 0.411. The Kier molecular flexibility index (Phi) is 3.09. The van der Waals surface area contributed by atoms with E-state index < -0.39 is 8.07 Å². The molecule has 2 aliphatic heterocycles. The Balaban J connectivity index is 2.41. The number of rotatable bonds is 1. The third-order valence-electron chi connectivity index (χ3n) is 3.25. The Hall–Kier alpha value is -0.823. The van der Waals surface area contributed by atoms with Crippen molar-refractivity contribution in [2.45, 2.75) is 50.8 Å². The Morgan fingerprint density at radius 1 is 1.28 bits per heavy atom. The van der Waals surface area contributed by atoms with Crippen LogP contribution in [0.3, 0.4) is 0 Å². The molecule has 0 unspecified atom stereocenters. The topological polar surface area (TPSA) is 18.5 Å². The number of hydrogen-bond acceptors (Lipinski definition) is 2. The highest BCUT2D eigenvalue weighted by atomic mass is 28.3. The minimum Gasteiger partial charge on any atom is -0.373 e. The van der Waals surface area contributed by atoms with Gasteiger partial charge in [0, 0.05) is 12.7 Å². The maximum Gasteiger partial charge on any atom is 0.129 e. The van der Waals surface area contributed by atoms with Gasteiger partial charge in [0.2, 0.25) is 0 Å². The van der Waals surface area contributed by atoms with Gasteiger partial charge in [-0.3, -0.25) is 0 Å². The second-order valence-corrected chi connectivity index (χ2v) is 11.3. The molecular formula is C15H22O2Si. The molecule has 3 atom stereocenters. The average Bonchev–Trinajstić information content (AvgIpc) is 2.47. The molecular weight excluding hydrogens is 240 g/mol. The van der Waals surface area contributed by atoms with E-state index in [9.17, 15) is 0 Å². The SMILES string of the molecule is CO[C@@H]1C(C#C[Si](C)(C)C)=C[C@]2(C)C=C[C@@]1(C)O2. The minimum absolute atomic E-state index is 0.104. The molecule has 2 bridgehead atoms. The van der Waals surface area contributed by atoms with Gasteiger partial charge < -0.3 is 9.47 Å². The second kappa shape index (κ2) is 4.09. The monoisotopic (exact) mass is 262 g/mol. The summed E-state index contributed by atoms with van der Waals surface area (Å²) in [6.45, 7) is 10.9. The molecule has 18 heavy (non-hydrogen) atoms. The molecule has 0 saturated carbocycles. The zero-order valence-electron chi connectivity index (χ0n) is 12.1. The van der Waals surface area contributed by atoms with Gasteiger partial charge in [0.15, 0.2) is 0 Å². The summed E-state index contributed by atoms with van der Waals surface area (Å²) in [5.74, 6) is 3.34. The van der Waals surface area contributed by atoms with Crippen LogP contribution in [0.5, 0.6) is 0 Å². The van der Waals surface area contributed by atoms with Gasteiger partial charge in [0.05, 0.1) is 0 Å². The van der Waals surface area contributed by atoms with Crippen molar-refractivity contribution in [3.63, 3.8) is 0 Å². The van der Waals surface area contributed by atoms with Crippen LogP contribution in [0, 0.1) is 11.5 Å². The Morgan fingerprint density at radius 3 is 2.50 bits per heavy atom. The number of ether oxygens (including phenoxy) is 2. The Bertz CT molecular complexity index is 475. The van der Waals surface area contributed by atoms with E-state index in [1.54, 1.807) is 7.11 Å². The highest BCUT2D eigenvalue weighted by molar-refractivity contribution is 6.83. The van der Waals surface area contributed by atoms with E-state index in [1.165, 1.54) is 0 Å². The molecule has 2 aliphatic rings. The van der Waals surface area contributed by atoms with Crippen LogP contribution in [-0.2, 0) is 9.47 Å². The van der Waals surface area contributed by atoms with E-state index in [2.05, 4.69) is 63.2 Å². The molecule has 0 aromatic heterocycles. The van der Waals surface area contributed by atoms with Gasteiger partial charge in [0.1, 0.15) is 25.4 Å². The van der Waals surface area contributed by atoms with Crippen LogP contribution >= 0.6 is 0 Å². The first-order valence-electron chi connectivity index (χ1n) is 6.37. The van der Waals surface area contributed by atoms with Crippen molar-refractivity contribution in [2.24, 2.45) is 0 Å². The standard InChI is InChI=1S/C15H22O2Si/c1-14-8-9-15(2,17-14)13(16-3)12(11-14)7-10-18(4,5)6/h8-9,11,13H,1-6H3/t13-,14+,15-/m1/s1. The van der Waals surface area contributed by atoms with Crippen molar-refractivity contribution in [2.75, 3.05) is 7.11 Å². The highest BCUT2D eigenvalue weighted by Gasteiger charge is 2.49. The summed E-state index contributed by atoms with van der Waals surface area (Å²) in [6.07, 6.45) is 6.19. The maximum atomic E-state index is 6.07. The fourth-order valence-electron chi connectivity index (χ4n) is 2.51. The van der Waals surface area contributed by atoms with Gasteiger partial charge in [-0.1, -0.05) is 37.7 Å². The molecule has 2 nitrogen and oxygen atoms in total. The molecule has 0 amide bonds. The molecule has 0 spiro atoms. The van der Waals surface area contributed by atoms with Crippen molar-refractivity contribution >= 4 is 8.07 Å². The van der Waals surface area contributed by atoms with Gasteiger partial charge >= 0.3 is 0 Å². The molecule has 0 N–H and O–H groups in total. The summed E-state index contributed by atoms with van der Waals surface area (Å²) < 4.78 is 11.7. The molecule has 2 rings (SSSR count). The molecule has 0 aromatic rings. The molecule has 0 radical (unpaired) electrons. The predicted octanol–water partition coefficient (Wildman–Crippen LogP) is 2.93. The van der Waals surface area contributed by atoms with E-state index in [0.29, 0.717) is 0 Å². The molecule has 0 aromatic carbocycles. The number of fused-ring (bicyclic) bond motifs is 2. The zero-order chi connectivity index (χ0) is 13.6. The van der Waals surface area contributed by atoms with E-state index in [-0.39, 0.29) is 17.3 Å². The van der Waals surface area contributed by atoms with Crippen LogP contribution in [0.15, 0.2) is 23.8 Å². The van der Waals surface area contributed by atoms with Gasteiger partial charge in [0.25, 0.3) is 0 Å². The average molecular weight is 262 g/mol. The lowest BCUT2D eigenvalue weighted by Gasteiger charge is -2.39. The third-order valence-corrected chi connectivity index (χ3v) is 4.12. The highest BCUT2D eigenvalue weighted by Crippen LogP contribution is 2.42. The normalized spacial score (nSPS) is 38.1. The van der Waals surface area contributed by atoms with Crippen LogP contribution in [0.1, 0.15) is 13.8 Å². The maximum absolute atomic E-state index is 6.07. The van der Waals surface area contributed by atoms with Gasteiger partial charge in [-0.25, -0.2) is 0 Å². The van der Waals surface area contributed by atoms with Crippen molar-refractivity contribution in [1.29, 1.82) is 0 Å². The summed E-state index contributed by atoms with van der Waals surface area (Å²) in [4.78, 5) is 0. The molecule has 2 heterocycles. The lowest BCUT2D eigenvalue weighted by atomic mass is 9.90. The molecule has 98 valence electrons. The second-order valence-electron chi connectivity index (χ2n) is 6.52. The largest absolute Gasteiger partial charge is 0.373 e. The van der Waals surface area contributed by atoms with Crippen LogP contribution < -0.4 is 0 Å². The van der Waals surface area contributed by atoms with E-state index in [4.69, 9.17) is 9.47 Å². The van der Waals surface area contributed by atoms with Crippen LogP contribution in [0.25, 0.3) is 0 Å². The summed E-state index contributed by atoms with van der Waals surface area (Å²) in [5, 5.41) is 0. The molecule has 0 aliphatic carbocycles. The van der Waals surface area contributed by atoms with Gasteiger partial charge in [-0.05, 0) is 19.9 Å². The predicted molar refractivity (Wildman–Crippen MR) is 77.0 cm³/mol. The van der Waals surface area contributed by atoms with Crippen LogP contribution in [0.2, 0.25) is 19.6 Å². The van der Waals surface area contributed by atoms with Gasteiger partial charge in [-0.2, -0.15) is 0 Å². The molecule has 0 fully saturated rings. The lowest BCUT2D eigenvalue weighted by molar-refractivity contribution is -0.119. The van der Waals surface area contributed by atoms with E-state index >= 15 is 0 Å². The summed E-state index contributed by atoms with van der Waals surface area (Å²) in [7, 11) is 0.346. The Morgan fingerprint density at radius 2 is 1.94 bits per heavy atom. The van der Waals surface area contributed by atoms with Crippen molar-refractivity contribution < 1.29 is 9.47 Å². The fraction of sp³-hybridized carbons (Fsp3) is 0.600. The fourth-order valence-corrected chi connectivity index (χ4v) is 3.03. The molecule has 3 heteroatoms. The van der Waals surface area contributed by atoms with E-state index in [0.717, 1.165) is 5.57 Å². The van der Waals surface area contributed by atoms with Crippen LogP contribution in [0.4, 0.5) is 0 Å². The number of methoxy groups -OCH3 is 1. The lowest BCUT2D eigenvalue weighted by Crippen LogP contribution is -2.47. The van der Waals surface area contributed by atoms with Gasteiger partial charge in [-0.15, -0.1) is 5.54 Å². The minimum atomic E-state index is -1.37. The third kappa shape index (κ3) is 2.47.